The summed E-state index contributed by atoms with van der Waals surface area (Å²) in [5.74, 6) is 6.14. The molecule has 0 aliphatic carbocycles. The quantitative estimate of drug-likeness (QED) is 0.592. The van der Waals surface area contributed by atoms with Gasteiger partial charge in [0.25, 0.3) is 0 Å². The Labute approximate surface area is 117 Å². The molecule has 0 aliphatic heterocycles. The number of nitrogens with zero attached hydrogens (tertiary/aromatic N) is 1. The largest absolute Gasteiger partial charge is 0.383 e. The van der Waals surface area contributed by atoms with Gasteiger partial charge in [-0.3, -0.25) is 11.3 Å². The van der Waals surface area contributed by atoms with Crippen molar-refractivity contribution in [2.24, 2.45) is 5.84 Å². The highest BCUT2D eigenvalue weighted by atomic mass is 35.5. The summed E-state index contributed by atoms with van der Waals surface area (Å²) in [7, 11) is 0. The van der Waals surface area contributed by atoms with E-state index in [-0.39, 0.29) is 6.04 Å². The van der Waals surface area contributed by atoms with Crippen LogP contribution in [0.5, 0.6) is 0 Å². The molecule has 4 nitrogen and oxygen atoms in total. The highest BCUT2D eigenvalue weighted by Gasteiger charge is 2.14. The molecular weight excluding hydrogens is 260 g/mol. The van der Waals surface area contributed by atoms with E-state index in [1.54, 1.807) is 6.20 Å². The van der Waals surface area contributed by atoms with Gasteiger partial charge in [-0.15, -0.1) is 0 Å². The lowest BCUT2D eigenvalue weighted by Gasteiger charge is -2.18. The van der Waals surface area contributed by atoms with Crippen LogP contribution in [0.15, 0.2) is 36.5 Å². The number of nitrogen functional groups attached to an aromatic ring is 1. The van der Waals surface area contributed by atoms with E-state index in [2.05, 4.69) is 10.4 Å². The number of pyridine rings is 1. The fourth-order valence-corrected chi connectivity index (χ4v) is 2.12. The van der Waals surface area contributed by atoms with Crippen molar-refractivity contribution in [2.75, 3.05) is 5.73 Å². The number of rotatable bonds is 4. The minimum Gasteiger partial charge on any atom is -0.383 e. The lowest BCUT2D eigenvalue weighted by molar-refractivity contribution is 0.552. The van der Waals surface area contributed by atoms with E-state index >= 15 is 0 Å². The Morgan fingerprint density at radius 1 is 1.32 bits per heavy atom. The minimum atomic E-state index is -0.0754. The van der Waals surface area contributed by atoms with E-state index < -0.39 is 0 Å². The number of anilines is 1. The molecule has 1 aromatic carbocycles. The zero-order chi connectivity index (χ0) is 13.8. The van der Waals surface area contributed by atoms with Crippen LogP contribution in [0.3, 0.4) is 0 Å². The van der Waals surface area contributed by atoms with E-state index in [1.807, 2.05) is 37.3 Å². The number of hydrogen-bond acceptors (Lipinski definition) is 4. The molecule has 100 valence electrons. The van der Waals surface area contributed by atoms with Crippen molar-refractivity contribution in [3.05, 3.63) is 58.2 Å². The van der Waals surface area contributed by atoms with Crippen molar-refractivity contribution in [1.29, 1.82) is 0 Å². The molecule has 1 atom stereocenters. The van der Waals surface area contributed by atoms with Crippen LogP contribution >= 0.6 is 11.6 Å². The predicted octanol–water partition coefficient (Wildman–Crippen LogP) is 2.37. The van der Waals surface area contributed by atoms with Gasteiger partial charge in [0.15, 0.2) is 0 Å². The molecule has 0 aliphatic rings. The van der Waals surface area contributed by atoms with Crippen LogP contribution in [0.4, 0.5) is 5.82 Å². The van der Waals surface area contributed by atoms with Crippen LogP contribution in [-0.4, -0.2) is 4.98 Å². The second kappa shape index (κ2) is 6.02. The van der Waals surface area contributed by atoms with E-state index in [4.69, 9.17) is 23.2 Å². The second-order valence-electron chi connectivity index (χ2n) is 4.54. The Hall–Kier alpha value is -1.62. The number of nitrogens with two attached hydrogens (primary N) is 2. The highest BCUT2D eigenvalue weighted by molar-refractivity contribution is 6.30. The summed E-state index contributed by atoms with van der Waals surface area (Å²) >= 11 is 5.87. The number of halogens is 1. The first-order valence-electron chi connectivity index (χ1n) is 6.02. The van der Waals surface area contributed by atoms with E-state index in [1.165, 1.54) is 0 Å². The summed E-state index contributed by atoms with van der Waals surface area (Å²) in [6.07, 6.45) is 2.47. The molecule has 1 heterocycles. The maximum Gasteiger partial charge on any atom is 0.128 e. The molecule has 0 fully saturated rings. The molecule has 5 N–H and O–H groups in total. The number of aryl methyl sites for hydroxylation is 1. The van der Waals surface area contributed by atoms with Gasteiger partial charge in [0, 0.05) is 16.8 Å². The SMILES string of the molecule is Cc1cnc(N)c(C(Cc2ccc(Cl)cc2)NN)c1. The Balaban J connectivity index is 2.24. The molecule has 1 aromatic heterocycles. The van der Waals surface area contributed by atoms with E-state index in [0.717, 1.165) is 28.1 Å². The average molecular weight is 277 g/mol. The Kier molecular flexibility index (Phi) is 4.37. The molecule has 1 unspecified atom stereocenters. The van der Waals surface area contributed by atoms with E-state index in [9.17, 15) is 0 Å². The van der Waals surface area contributed by atoms with Crippen molar-refractivity contribution in [3.8, 4) is 0 Å². The van der Waals surface area contributed by atoms with Crippen LogP contribution in [0.1, 0.15) is 22.7 Å². The van der Waals surface area contributed by atoms with Crippen LogP contribution in [0.25, 0.3) is 0 Å². The second-order valence-corrected chi connectivity index (χ2v) is 4.97. The molecule has 0 spiro atoms. The van der Waals surface area contributed by atoms with Gasteiger partial charge in [-0.1, -0.05) is 23.7 Å². The number of hydrazine groups is 1. The Morgan fingerprint density at radius 3 is 2.63 bits per heavy atom. The fourth-order valence-electron chi connectivity index (χ4n) is 2.00. The minimum absolute atomic E-state index is 0.0754. The molecule has 2 rings (SSSR count). The fraction of sp³-hybridized carbons (Fsp3) is 0.214. The van der Waals surface area contributed by atoms with Crippen LogP contribution < -0.4 is 17.0 Å². The third-order valence-electron chi connectivity index (χ3n) is 3.02. The topological polar surface area (TPSA) is 77.0 Å². The van der Waals surface area contributed by atoms with Gasteiger partial charge in [0.1, 0.15) is 5.82 Å². The summed E-state index contributed by atoms with van der Waals surface area (Å²) in [5.41, 5.74) is 11.8. The first kappa shape index (κ1) is 13.8. The third-order valence-corrected chi connectivity index (χ3v) is 3.27. The molecule has 5 heteroatoms. The molecule has 0 saturated carbocycles. The van der Waals surface area contributed by atoms with Gasteiger partial charge >= 0.3 is 0 Å². The van der Waals surface area contributed by atoms with Crippen molar-refractivity contribution < 1.29 is 0 Å². The summed E-state index contributed by atoms with van der Waals surface area (Å²) in [6, 6.07) is 9.61. The number of aromatic nitrogens is 1. The number of nitrogens with one attached hydrogen (secondary N) is 1. The van der Waals surface area contributed by atoms with Gasteiger partial charge in [-0.05, 0) is 42.7 Å². The van der Waals surface area contributed by atoms with Gasteiger partial charge in [0.05, 0.1) is 6.04 Å². The van der Waals surface area contributed by atoms with Crippen LogP contribution in [-0.2, 0) is 6.42 Å². The van der Waals surface area contributed by atoms with Gasteiger partial charge in [-0.2, -0.15) is 0 Å². The normalized spacial score (nSPS) is 12.4. The van der Waals surface area contributed by atoms with E-state index in [0.29, 0.717) is 5.82 Å². The van der Waals surface area contributed by atoms with Gasteiger partial charge < -0.3 is 5.73 Å². The molecule has 0 radical (unpaired) electrons. The molecule has 19 heavy (non-hydrogen) atoms. The van der Waals surface area contributed by atoms with Gasteiger partial charge in [-0.25, -0.2) is 4.98 Å². The Morgan fingerprint density at radius 2 is 2.00 bits per heavy atom. The third kappa shape index (κ3) is 3.44. The summed E-state index contributed by atoms with van der Waals surface area (Å²) < 4.78 is 0. The number of hydrogen-bond donors (Lipinski definition) is 3. The predicted molar refractivity (Wildman–Crippen MR) is 78.6 cm³/mol. The summed E-state index contributed by atoms with van der Waals surface area (Å²) in [5, 5.41) is 0.720. The van der Waals surface area contributed by atoms with Crippen molar-refractivity contribution in [3.63, 3.8) is 0 Å². The van der Waals surface area contributed by atoms with Gasteiger partial charge in [0.2, 0.25) is 0 Å². The first-order chi connectivity index (χ1) is 9.10. The monoisotopic (exact) mass is 276 g/mol. The number of benzene rings is 1. The highest BCUT2D eigenvalue weighted by Crippen LogP contribution is 2.23. The van der Waals surface area contributed by atoms with Crippen molar-refractivity contribution in [1.82, 2.24) is 10.4 Å². The average Bonchev–Trinajstić information content (AvgIpc) is 2.41. The molecule has 0 amide bonds. The maximum atomic E-state index is 5.92. The smallest absolute Gasteiger partial charge is 0.128 e. The van der Waals surface area contributed by atoms with Crippen LogP contribution in [0.2, 0.25) is 5.02 Å². The molecule has 0 bridgehead atoms. The van der Waals surface area contributed by atoms with Crippen molar-refractivity contribution >= 4 is 17.4 Å². The summed E-state index contributed by atoms with van der Waals surface area (Å²) in [6.45, 7) is 1.98. The lowest BCUT2D eigenvalue weighted by atomic mass is 9.99. The first-order valence-corrected chi connectivity index (χ1v) is 6.40. The summed E-state index contributed by atoms with van der Waals surface area (Å²) in [4.78, 5) is 4.16. The molecule has 0 saturated heterocycles. The van der Waals surface area contributed by atoms with Crippen molar-refractivity contribution in [2.45, 2.75) is 19.4 Å². The molecular formula is C14H17ClN4. The zero-order valence-corrected chi connectivity index (χ0v) is 11.5. The zero-order valence-electron chi connectivity index (χ0n) is 10.7. The van der Waals surface area contributed by atoms with Crippen LogP contribution in [0, 0.1) is 6.92 Å². The maximum absolute atomic E-state index is 5.92. The molecule has 2 aromatic rings. The Bertz CT molecular complexity index is 554. The standard InChI is InChI=1S/C14H17ClN4/c1-9-6-12(14(16)18-8-9)13(19-17)7-10-2-4-11(15)5-3-10/h2-6,8,13,19H,7,17H2,1H3,(H2,16,18). The lowest BCUT2D eigenvalue weighted by Crippen LogP contribution is -2.30.